The molecule has 6 nitrogen and oxygen atoms in total. The Balaban J connectivity index is 1.49. The van der Waals surface area contributed by atoms with Crippen molar-refractivity contribution in [3.8, 4) is 0 Å². The Morgan fingerprint density at radius 2 is 2.00 bits per heavy atom. The average molecular weight is 405 g/mol. The van der Waals surface area contributed by atoms with Crippen molar-refractivity contribution in [2.24, 2.45) is 34.2 Å². The number of aliphatic hydroxyl groups is 1. The van der Waals surface area contributed by atoms with E-state index in [0.717, 1.165) is 53.6 Å². The fourth-order valence-corrected chi connectivity index (χ4v) is 6.87. The van der Waals surface area contributed by atoms with E-state index in [9.17, 15) is 5.11 Å². The number of nitrogens with one attached hydrogen (secondary N) is 2. The predicted octanol–water partition coefficient (Wildman–Crippen LogP) is 2.34. The largest absolute Gasteiger partial charge is 0.433 e. The first-order valence-corrected chi connectivity index (χ1v) is 11.3. The van der Waals surface area contributed by atoms with E-state index in [1.165, 1.54) is 12.8 Å². The molecule has 3 N–H and O–H groups in total. The molecule has 7 rings (SSSR count). The minimum absolute atomic E-state index is 0.0204. The number of aromatic amines is 1. The van der Waals surface area contributed by atoms with Gasteiger partial charge in [-0.1, -0.05) is 13.8 Å². The van der Waals surface area contributed by atoms with Gasteiger partial charge in [0.25, 0.3) is 0 Å². The van der Waals surface area contributed by atoms with Gasteiger partial charge in [-0.2, -0.15) is 5.10 Å². The average Bonchev–Trinajstić information content (AvgIpc) is 3.13. The molecule has 1 aliphatic heterocycles. The van der Waals surface area contributed by atoms with Crippen molar-refractivity contribution in [1.82, 2.24) is 15.4 Å². The first kappa shape index (κ1) is 18.9. The Labute approximate surface area is 178 Å². The van der Waals surface area contributed by atoms with Crippen LogP contribution in [0.2, 0.25) is 0 Å². The molecule has 30 heavy (non-hydrogen) atoms. The highest BCUT2D eigenvalue weighted by molar-refractivity contribution is 6.50. The van der Waals surface area contributed by atoms with Gasteiger partial charge in [0.1, 0.15) is 5.65 Å². The van der Waals surface area contributed by atoms with Crippen molar-refractivity contribution < 1.29 is 9.76 Å². The first-order chi connectivity index (χ1) is 14.4. The van der Waals surface area contributed by atoms with Crippen LogP contribution in [0.4, 0.5) is 0 Å². The monoisotopic (exact) mass is 405 g/mol. The van der Waals surface area contributed by atoms with Gasteiger partial charge in [-0.3, -0.25) is 0 Å². The number of H-pyrrole nitrogens is 1. The fourth-order valence-electron chi connectivity index (χ4n) is 6.87. The number of hydrazone groups is 1. The Bertz CT molecular complexity index is 1000. The second-order valence-electron chi connectivity index (χ2n) is 11.0. The molecule has 1 radical (unpaired) electrons. The van der Waals surface area contributed by atoms with Crippen LogP contribution in [0.1, 0.15) is 51.5 Å². The van der Waals surface area contributed by atoms with E-state index >= 15 is 0 Å². The van der Waals surface area contributed by atoms with E-state index in [1.54, 1.807) is 0 Å². The molecule has 0 spiro atoms. The van der Waals surface area contributed by atoms with Crippen LogP contribution in [0.5, 0.6) is 0 Å². The molecule has 4 bridgehead atoms. The van der Waals surface area contributed by atoms with Gasteiger partial charge in [0.2, 0.25) is 0 Å². The lowest BCUT2D eigenvalue weighted by Gasteiger charge is -2.58. The number of nitrogens with zero attached hydrogens (tertiary/aromatic N) is 2. The second kappa shape index (κ2) is 6.57. The van der Waals surface area contributed by atoms with Crippen molar-refractivity contribution >= 4 is 29.7 Å². The van der Waals surface area contributed by atoms with E-state index in [1.807, 2.05) is 19.9 Å². The van der Waals surface area contributed by atoms with Gasteiger partial charge in [0, 0.05) is 47.8 Å². The van der Waals surface area contributed by atoms with E-state index in [-0.39, 0.29) is 5.41 Å². The third-order valence-electron chi connectivity index (χ3n) is 7.87. The number of hydrogen-bond acceptors (Lipinski definition) is 5. The van der Waals surface area contributed by atoms with E-state index in [2.05, 4.69) is 35.3 Å². The summed E-state index contributed by atoms with van der Waals surface area (Å²) in [4.78, 5) is 7.88. The molecule has 2 atom stereocenters. The molecule has 157 valence electrons. The van der Waals surface area contributed by atoms with Gasteiger partial charge in [-0.05, 0) is 61.4 Å². The fraction of sp³-hybridized carbons (Fsp3) is 0.652. The number of fused-ring (bicyclic) bond motifs is 3. The highest BCUT2D eigenvalue weighted by Crippen LogP contribution is 2.59. The minimum Gasteiger partial charge on any atom is -0.433 e. The Hall–Kier alpha value is -1.86. The summed E-state index contributed by atoms with van der Waals surface area (Å²) in [7, 11) is 1.88. The van der Waals surface area contributed by atoms with E-state index in [4.69, 9.17) is 9.76 Å². The Kier molecular flexibility index (Phi) is 4.13. The second-order valence-corrected chi connectivity index (χ2v) is 11.0. The topological polar surface area (TPSA) is 82.5 Å². The Morgan fingerprint density at radius 3 is 2.77 bits per heavy atom. The molecule has 4 saturated carbocycles. The number of rotatable bonds is 1. The zero-order valence-corrected chi connectivity index (χ0v) is 17.8. The molecule has 7 heteroatoms. The van der Waals surface area contributed by atoms with Gasteiger partial charge in [-0.15, -0.1) is 0 Å². The molecule has 0 aromatic carbocycles. The summed E-state index contributed by atoms with van der Waals surface area (Å²) in [5, 5.41) is 17.3. The molecule has 2 unspecified atom stereocenters. The normalized spacial score (nSPS) is 39.0. The van der Waals surface area contributed by atoms with Gasteiger partial charge in [0.05, 0.1) is 11.3 Å². The minimum atomic E-state index is -0.446. The summed E-state index contributed by atoms with van der Waals surface area (Å²) in [6.45, 7) is 5.77. The van der Waals surface area contributed by atoms with Crippen LogP contribution < -0.4 is 10.9 Å². The van der Waals surface area contributed by atoms with Crippen molar-refractivity contribution in [2.75, 3.05) is 13.2 Å². The Morgan fingerprint density at radius 1 is 1.20 bits per heavy atom. The molecule has 0 amide bonds. The maximum atomic E-state index is 11.1. The predicted molar refractivity (Wildman–Crippen MR) is 118 cm³/mol. The first-order valence-electron chi connectivity index (χ1n) is 11.3. The molecular weight excluding hydrogens is 375 g/mol. The summed E-state index contributed by atoms with van der Waals surface area (Å²) in [5.74, 6) is 2.03. The van der Waals surface area contributed by atoms with Gasteiger partial charge in [-0.25, -0.2) is 4.98 Å². The molecule has 2 aromatic rings. The van der Waals surface area contributed by atoms with Crippen LogP contribution in [0.3, 0.4) is 0 Å². The maximum Gasteiger partial charge on any atom is 0.332 e. The highest BCUT2D eigenvalue weighted by Gasteiger charge is 2.56. The van der Waals surface area contributed by atoms with Crippen LogP contribution in [-0.2, 0) is 4.65 Å². The van der Waals surface area contributed by atoms with Crippen LogP contribution in [-0.4, -0.2) is 47.0 Å². The molecule has 2 aromatic heterocycles. The standard InChI is InChI=1S/C23H30BN4O2/c1-22(2)11-27-28-20(18-14-5-13-6-15(18)9-23(29,7-13)8-14)19-16-3-4-25-21(16)26-10-17(19)24-30-12-22/h3-4,10,13-15,18,27,29H,5-9,11-12H2,1-2H3,(H,25,26)/b28-20-. The summed E-state index contributed by atoms with van der Waals surface area (Å²) in [6, 6.07) is 2.10. The lowest BCUT2D eigenvalue weighted by molar-refractivity contribution is -0.137. The van der Waals surface area contributed by atoms with E-state index < -0.39 is 5.60 Å². The highest BCUT2D eigenvalue weighted by atomic mass is 16.4. The molecule has 4 fully saturated rings. The summed E-state index contributed by atoms with van der Waals surface area (Å²) < 4.78 is 6.04. The van der Waals surface area contributed by atoms with E-state index in [0.29, 0.717) is 30.3 Å². The van der Waals surface area contributed by atoms with Gasteiger partial charge < -0.3 is 20.2 Å². The summed E-state index contributed by atoms with van der Waals surface area (Å²) in [6.07, 6.45) is 9.09. The molecule has 5 aliphatic rings. The third-order valence-corrected chi connectivity index (χ3v) is 7.87. The number of aromatic nitrogens is 2. The molecule has 4 aliphatic carbocycles. The third kappa shape index (κ3) is 3.01. The smallest absolute Gasteiger partial charge is 0.332 e. The molecule has 0 saturated heterocycles. The SMILES string of the molecule is CC1(C)CN/N=C(/C2C3CC4CC2CC(O)(C4)C3)c2c(cnc3[nH]ccc23)[B]OC1. The van der Waals surface area contributed by atoms with Gasteiger partial charge >= 0.3 is 7.48 Å². The molecule has 3 heterocycles. The molecular formula is C23H30BN4O2. The van der Waals surface area contributed by atoms with Crippen molar-refractivity contribution in [3.05, 3.63) is 24.0 Å². The van der Waals surface area contributed by atoms with Crippen LogP contribution in [0, 0.1) is 29.1 Å². The van der Waals surface area contributed by atoms with Gasteiger partial charge in [0.15, 0.2) is 0 Å². The maximum absolute atomic E-state index is 11.1. The lowest BCUT2D eigenvalue weighted by Crippen LogP contribution is -2.57. The lowest BCUT2D eigenvalue weighted by atomic mass is 9.49. The zero-order valence-electron chi connectivity index (χ0n) is 17.8. The van der Waals surface area contributed by atoms with Crippen molar-refractivity contribution in [1.29, 1.82) is 0 Å². The zero-order chi connectivity index (χ0) is 20.5. The van der Waals surface area contributed by atoms with Crippen molar-refractivity contribution in [2.45, 2.75) is 51.6 Å². The number of hydrogen-bond donors (Lipinski definition) is 3. The quantitative estimate of drug-likeness (QED) is 0.637. The summed E-state index contributed by atoms with van der Waals surface area (Å²) in [5.41, 5.74) is 7.09. The van der Waals surface area contributed by atoms with Crippen LogP contribution in [0.25, 0.3) is 11.0 Å². The van der Waals surface area contributed by atoms with Crippen LogP contribution in [0.15, 0.2) is 23.6 Å². The number of pyridine rings is 1. The summed E-state index contributed by atoms with van der Waals surface area (Å²) >= 11 is 0. The van der Waals surface area contributed by atoms with Crippen molar-refractivity contribution in [3.63, 3.8) is 0 Å². The van der Waals surface area contributed by atoms with Crippen LogP contribution >= 0.6 is 0 Å².